The first-order valence-corrected chi connectivity index (χ1v) is 9.63. The molecule has 0 aromatic heterocycles. The second-order valence-corrected chi connectivity index (χ2v) is 6.60. The summed E-state index contributed by atoms with van der Waals surface area (Å²) in [6.45, 7) is 8.99. The lowest BCUT2D eigenvalue weighted by molar-refractivity contribution is -0.139. The largest absolute Gasteiger partial charge is 0.492 e. The van der Waals surface area contributed by atoms with Gasteiger partial charge in [0.25, 0.3) is 5.91 Å². The summed E-state index contributed by atoms with van der Waals surface area (Å²) in [6.07, 6.45) is 5.74. The Bertz CT molecular complexity index is 610. The maximum Gasteiger partial charge on any atom is 0.256 e. The van der Waals surface area contributed by atoms with Crippen molar-refractivity contribution in [3.05, 3.63) is 23.8 Å². The SMILES string of the molecule is CCCCCC(C)(OCC)C(=O)Nc1ccc(OCCCC)c(C#N)c1. The molecule has 1 unspecified atom stereocenters. The number of rotatable bonds is 12. The number of nitrogens with one attached hydrogen (secondary N) is 1. The van der Waals surface area contributed by atoms with E-state index in [0.29, 0.717) is 36.6 Å². The lowest BCUT2D eigenvalue weighted by Gasteiger charge is -2.28. The van der Waals surface area contributed by atoms with Crippen molar-refractivity contribution in [2.45, 2.75) is 71.8 Å². The monoisotopic (exact) mass is 360 g/mol. The third-order valence-corrected chi connectivity index (χ3v) is 4.31. The van der Waals surface area contributed by atoms with Crippen molar-refractivity contribution in [3.8, 4) is 11.8 Å². The third kappa shape index (κ3) is 6.68. The Hall–Kier alpha value is -2.06. The molecule has 0 saturated heterocycles. The fourth-order valence-electron chi connectivity index (χ4n) is 2.69. The number of amides is 1. The number of hydrogen-bond acceptors (Lipinski definition) is 4. The summed E-state index contributed by atoms with van der Waals surface area (Å²) in [6, 6.07) is 7.28. The van der Waals surface area contributed by atoms with Crippen molar-refractivity contribution in [1.82, 2.24) is 0 Å². The number of carbonyl (C=O) groups excluding carboxylic acids is 1. The molecular weight excluding hydrogens is 328 g/mol. The van der Waals surface area contributed by atoms with Crippen molar-refractivity contribution in [2.75, 3.05) is 18.5 Å². The maximum atomic E-state index is 12.8. The molecule has 1 atom stereocenters. The second-order valence-electron chi connectivity index (χ2n) is 6.60. The minimum absolute atomic E-state index is 0.181. The van der Waals surface area contributed by atoms with E-state index in [1.807, 2.05) is 13.8 Å². The fraction of sp³-hybridized carbons (Fsp3) is 0.619. The van der Waals surface area contributed by atoms with Gasteiger partial charge in [-0.2, -0.15) is 5.26 Å². The summed E-state index contributed by atoms with van der Waals surface area (Å²) >= 11 is 0. The van der Waals surface area contributed by atoms with Crippen LogP contribution in [0.1, 0.15) is 71.8 Å². The zero-order valence-corrected chi connectivity index (χ0v) is 16.6. The van der Waals surface area contributed by atoms with E-state index in [1.54, 1.807) is 18.2 Å². The van der Waals surface area contributed by atoms with Crippen LogP contribution in [0.5, 0.6) is 5.75 Å². The molecule has 1 rings (SSSR count). The van der Waals surface area contributed by atoms with Gasteiger partial charge in [0.2, 0.25) is 0 Å². The summed E-state index contributed by atoms with van der Waals surface area (Å²) in [5.41, 5.74) is 0.131. The van der Waals surface area contributed by atoms with Crippen molar-refractivity contribution in [2.24, 2.45) is 0 Å². The van der Waals surface area contributed by atoms with E-state index >= 15 is 0 Å². The van der Waals surface area contributed by atoms with Crippen LogP contribution in [0, 0.1) is 11.3 Å². The molecule has 0 aliphatic heterocycles. The highest BCUT2D eigenvalue weighted by Crippen LogP contribution is 2.25. The van der Waals surface area contributed by atoms with Gasteiger partial charge in [0.15, 0.2) is 0 Å². The number of carbonyl (C=O) groups is 1. The number of hydrogen-bond donors (Lipinski definition) is 1. The molecule has 1 amide bonds. The molecule has 0 spiro atoms. The van der Waals surface area contributed by atoms with Gasteiger partial charge < -0.3 is 14.8 Å². The van der Waals surface area contributed by atoms with Gasteiger partial charge in [-0.3, -0.25) is 4.79 Å². The molecule has 144 valence electrons. The van der Waals surface area contributed by atoms with Crippen LogP contribution in [-0.2, 0) is 9.53 Å². The molecule has 1 aromatic carbocycles. The number of ether oxygens (including phenoxy) is 2. The number of anilines is 1. The summed E-state index contributed by atoms with van der Waals surface area (Å²) < 4.78 is 11.4. The first-order chi connectivity index (χ1) is 12.5. The maximum absolute atomic E-state index is 12.8. The molecule has 0 radical (unpaired) electrons. The van der Waals surface area contributed by atoms with Crippen LogP contribution in [0.2, 0.25) is 0 Å². The van der Waals surface area contributed by atoms with E-state index in [0.717, 1.165) is 32.1 Å². The Kier molecular flexibility index (Phi) is 9.75. The summed E-state index contributed by atoms with van der Waals surface area (Å²) in [4.78, 5) is 12.8. The van der Waals surface area contributed by atoms with Crippen molar-refractivity contribution in [1.29, 1.82) is 5.26 Å². The lowest BCUT2D eigenvalue weighted by atomic mass is 9.96. The molecule has 0 aliphatic rings. The lowest BCUT2D eigenvalue weighted by Crippen LogP contribution is -2.42. The highest BCUT2D eigenvalue weighted by molar-refractivity contribution is 5.97. The third-order valence-electron chi connectivity index (χ3n) is 4.31. The number of benzene rings is 1. The van der Waals surface area contributed by atoms with E-state index in [4.69, 9.17) is 9.47 Å². The van der Waals surface area contributed by atoms with Gasteiger partial charge in [0.05, 0.1) is 12.2 Å². The van der Waals surface area contributed by atoms with Crippen LogP contribution in [0.15, 0.2) is 18.2 Å². The Morgan fingerprint density at radius 3 is 2.54 bits per heavy atom. The van der Waals surface area contributed by atoms with Gasteiger partial charge in [-0.05, 0) is 44.9 Å². The molecule has 1 N–H and O–H groups in total. The Morgan fingerprint density at radius 2 is 1.92 bits per heavy atom. The standard InChI is InChI=1S/C21H32N2O3/c1-5-8-10-13-21(4,26-7-3)20(24)23-18-11-12-19(17(15-18)16-22)25-14-9-6-2/h11-12,15H,5-10,13-14H2,1-4H3,(H,23,24). The van der Waals surface area contributed by atoms with Crippen LogP contribution in [0.3, 0.4) is 0 Å². The number of nitrogens with zero attached hydrogens (tertiary/aromatic N) is 1. The molecular formula is C21H32N2O3. The van der Waals surface area contributed by atoms with Crippen molar-refractivity contribution >= 4 is 11.6 Å². The van der Waals surface area contributed by atoms with Crippen molar-refractivity contribution in [3.63, 3.8) is 0 Å². The van der Waals surface area contributed by atoms with Crippen LogP contribution in [0.4, 0.5) is 5.69 Å². The normalized spacial score (nSPS) is 12.9. The zero-order chi connectivity index (χ0) is 19.4. The predicted molar refractivity (Wildman–Crippen MR) is 104 cm³/mol. The summed E-state index contributed by atoms with van der Waals surface area (Å²) in [5.74, 6) is 0.369. The fourth-order valence-corrected chi connectivity index (χ4v) is 2.69. The van der Waals surface area contributed by atoms with E-state index < -0.39 is 5.60 Å². The molecule has 0 bridgehead atoms. The van der Waals surface area contributed by atoms with E-state index in [2.05, 4.69) is 25.2 Å². The molecule has 26 heavy (non-hydrogen) atoms. The van der Waals surface area contributed by atoms with E-state index in [1.165, 1.54) is 0 Å². The topological polar surface area (TPSA) is 71.3 Å². The van der Waals surface area contributed by atoms with Crippen LogP contribution < -0.4 is 10.1 Å². The molecule has 0 saturated carbocycles. The highest BCUT2D eigenvalue weighted by Gasteiger charge is 2.33. The van der Waals surface area contributed by atoms with Crippen LogP contribution in [-0.4, -0.2) is 24.7 Å². The highest BCUT2D eigenvalue weighted by atomic mass is 16.5. The molecule has 0 heterocycles. The molecule has 5 heteroatoms. The molecule has 1 aromatic rings. The van der Waals surface area contributed by atoms with Gasteiger partial charge in [-0.25, -0.2) is 0 Å². The molecule has 0 fully saturated rings. The predicted octanol–water partition coefficient (Wildman–Crippen LogP) is 5.05. The average Bonchev–Trinajstić information content (AvgIpc) is 2.63. The van der Waals surface area contributed by atoms with Gasteiger partial charge in [-0.15, -0.1) is 0 Å². The van der Waals surface area contributed by atoms with E-state index in [-0.39, 0.29) is 5.91 Å². The summed E-state index contributed by atoms with van der Waals surface area (Å²) in [7, 11) is 0. The number of unbranched alkanes of at least 4 members (excludes halogenated alkanes) is 3. The first-order valence-electron chi connectivity index (χ1n) is 9.63. The smallest absolute Gasteiger partial charge is 0.256 e. The average molecular weight is 360 g/mol. The minimum atomic E-state index is -0.868. The van der Waals surface area contributed by atoms with Gasteiger partial charge in [0.1, 0.15) is 17.4 Å². The van der Waals surface area contributed by atoms with Gasteiger partial charge in [0, 0.05) is 12.3 Å². The quantitative estimate of drug-likeness (QED) is 0.529. The first kappa shape index (κ1) is 22.0. The van der Waals surface area contributed by atoms with Crippen molar-refractivity contribution < 1.29 is 14.3 Å². The van der Waals surface area contributed by atoms with E-state index in [9.17, 15) is 10.1 Å². The number of nitriles is 1. The second kappa shape index (κ2) is 11.5. The Morgan fingerprint density at radius 1 is 1.19 bits per heavy atom. The zero-order valence-electron chi connectivity index (χ0n) is 16.6. The Balaban J connectivity index is 2.84. The van der Waals surface area contributed by atoms with Crippen LogP contribution >= 0.6 is 0 Å². The van der Waals surface area contributed by atoms with Crippen LogP contribution in [0.25, 0.3) is 0 Å². The molecule has 5 nitrogen and oxygen atoms in total. The van der Waals surface area contributed by atoms with Gasteiger partial charge >= 0.3 is 0 Å². The van der Waals surface area contributed by atoms with Gasteiger partial charge in [-0.1, -0.05) is 39.5 Å². The Labute approximate surface area is 157 Å². The minimum Gasteiger partial charge on any atom is -0.492 e. The summed E-state index contributed by atoms with van der Waals surface area (Å²) in [5, 5.41) is 12.2. The molecule has 0 aliphatic carbocycles.